The first kappa shape index (κ1) is 13.9. The zero-order valence-electron chi connectivity index (χ0n) is 10.7. The summed E-state index contributed by atoms with van der Waals surface area (Å²) in [5, 5.41) is 0. The summed E-state index contributed by atoms with van der Waals surface area (Å²) in [6.07, 6.45) is 0.732. The monoisotopic (exact) mass is 324 g/mol. The van der Waals surface area contributed by atoms with E-state index >= 15 is 0 Å². The van der Waals surface area contributed by atoms with E-state index in [4.69, 9.17) is 0 Å². The number of nitrogens with zero attached hydrogens (tertiary/aromatic N) is 1. The molecule has 0 amide bonds. The van der Waals surface area contributed by atoms with Crippen LogP contribution in [0, 0.1) is 11.7 Å². The molecule has 0 fully saturated rings. The molecule has 2 rings (SSSR count). The molecule has 100 valence electrons. The molecular formula is C14H14BrFN2O. The van der Waals surface area contributed by atoms with E-state index in [0.29, 0.717) is 21.8 Å². The molecule has 1 aromatic carbocycles. The lowest BCUT2D eigenvalue weighted by Gasteiger charge is -2.08. The minimum Gasteiger partial charge on any atom is -0.306 e. The molecule has 0 aliphatic heterocycles. The number of H-pyrrole nitrogens is 1. The molecule has 1 heterocycles. The second kappa shape index (κ2) is 5.65. The van der Waals surface area contributed by atoms with Crippen LogP contribution in [0.3, 0.4) is 0 Å². The van der Waals surface area contributed by atoms with E-state index in [0.717, 1.165) is 12.1 Å². The van der Waals surface area contributed by atoms with E-state index < -0.39 is 0 Å². The van der Waals surface area contributed by atoms with Crippen molar-refractivity contribution >= 4 is 15.9 Å². The predicted molar refractivity (Wildman–Crippen MR) is 76.5 cm³/mol. The smallest absolute Gasteiger partial charge is 0.251 e. The lowest BCUT2D eigenvalue weighted by atomic mass is 10.1. The largest absolute Gasteiger partial charge is 0.306 e. The lowest BCUT2D eigenvalue weighted by Crippen LogP contribution is -2.12. The average Bonchev–Trinajstić information content (AvgIpc) is 2.26. The molecule has 0 atom stereocenters. The molecule has 0 bridgehead atoms. The van der Waals surface area contributed by atoms with Gasteiger partial charge in [-0.1, -0.05) is 13.8 Å². The van der Waals surface area contributed by atoms with Crippen LogP contribution in [-0.2, 0) is 6.42 Å². The van der Waals surface area contributed by atoms with Gasteiger partial charge in [-0.3, -0.25) is 4.79 Å². The molecule has 0 aliphatic carbocycles. The Hall–Kier alpha value is -1.49. The number of aromatic nitrogens is 2. The van der Waals surface area contributed by atoms with Gasteiger partial charge in [0.1, 0.15) is 11.6 Å². The van der Waals surface area contributed by atoms with E-state index in [9.17, 15) is 9.18 Å². The highest BCUT2D eigenvalue weighted by molar-refractivity contribution is 9.10. The molecule has 0 radical (unpaired) electrons. The highest BCUT2D eigenvalue weighted by Gasteiger charge is 2.09. The van der Waals surface area contributed by atoms with Crippen molar-refractivity contribution in [2.24, 2.45) is 5.92 Å². The van der Waals surface area contributed by atoms with Crippen molar-refractivity contribution in [2.75, 3.05) is 0 Å². The Morgan fingerprint density at radius 3 is 2.74 bits per heavy atom. The first-order chi connectivity index (χ1) is 8.95. The van der Waals surface area contributed by atoms with Crippen LogP contribution in [0.15, 0.2) is 33.5 Å². The zero-order chi connectivity index (χ0) is 14.0. The fraction of sp³-hybridized carbons (Fsp3) is 0.286. The summed E-state index contributed by atoms with van der Waals surface area (Å²) in [4.78, 5) is 18.8. The van der Waals surface area contributed by atoms with Gasteiger partial charge in [0.15, 0.2) is 0 Å². The molecule has 0 saturated heterocycles. The summed E-state index contributed by atoms with van der Waals surface area (Å²) in [5.74, 6) is 0.533. The van der Waals surface area contributed by atoms with E-state index in [1.54, 1.807) is 6.07 Å². The average molecular weight is 325 g/mol. The van der Waals surface area contributed by atoms with Crippen LogP contribution >= 0.6 is 15.9 Å². The van der Waals surface area contributed by atoms with Crippen LogP contribution in [0.1, 0.15) is 19.5 Å². The quantitative estimate of drug-likeness (QED) is 0.938. The second-order valence-electron chi connectivity index (χ2n) is 4.81. The van der Waals surface area contributed by atoms with Crippen LogP contribution in [0.2, 0.25) is 0 Å². The van der Waals surface area contributed by atoms with E-state index in [1.165, 1.54) is 18.2 Å². The van der Waals surface area contributed by atoms with Crippen LogP contribution in [0.4, 0.5) is 4.39 Å². The van der Waals surface area contributed by atoms with Gasteiger partial charge in [-0.15, -0.1) is 0 Å². The minimum absolute atomic E-state index is 0.197. The summed E-state index contributed by atoms with van der Waals surface area (Å²) < 4.78 is 13.6. The van der Waals surface area contributed by atoms with Gasteiger partial charge in [0.2, 0.25) is 0 Å². The van der Waals surface area contributed by atoms with Crippen molar-refractivity contribution in [3.8, 4) is 11.4 Å². The number of aromatic amines is 1. The van der Waals surface area contributed by atoms with Crippen molar-refractivity contribution < 1.29 is 4.39 Å². The summed E-state index contributed by atoms with van der Waals surface area (Å²) in [6, 6.07) is 5.79. The Bertz CT molecular complexity index is 652. The van der Waals surface area contributed by atoms with Gasteiger partial charge < -0.3 is 4.98 Å². The molecule has 0 spiro atoms. The fourth-order valence-electron chi connectivity index (χ4n) is 1.84. The Morgan fingerprint density at radius 2 is 2.11 bits per heavy atom. The molecule has 1 aromatic heterocycles. The van der Waals surface area contributed by atoms with Gasteiger partial charge in [-0.2, -0.15) is 0 Å². The molecule has 19 heavy (non-hydrogen) atoms. The van der Waals surface area contributed by atoms with Crippen LogP contribution in [0.5, 0.6) is 0 Å². The number of halogens is 2. The fourth-order valence-corrected chi connectivity index (χ4v) is 2.38. The van der Waals surface area contributed by atoms with Gasteiger partial charge in [0.05, 0.1) is 0 Å². The number of nitrogens with one attached hydrogen (secondary N) is 1. The Balaban J connectivity index is 2.50. The molecular weight excluding hydrogens is 311 g/mol. The van der Waals surface area contributed by atoms with Crippen molar-refractivity contribution in [3.63, 3.8) is 0 Å². The van der Waals surface area contributed by atoms with Gasteiger partial charge in [-0.05, 0) is 46.5 Å². The number of rotatable bonds is 3. The first-order valence-corrected chi connectivity index (χ1v) is 6.80. The molecule has 5 heteroatoms. The first-order valence-electron chi connectivity index (χ1n) is 6.01. The van der Waals surface area contributed by atoms with Crippen LogP contribution < -0.4 is 5.56 Å². The highest BCUT2D eigenvalue weighted by Crippen LogP contribution is 2.25. The third-order valence-electron chi connectivity index (χ3n) is 2.60. The third kappa shape index (κ3) is 3.50. The van der Waals surface area contributed by atoms with Gasteiger partial charge in [-0.25, -0.2) is 9.37 Å². The highest BCUT2D eigenvalue weighted by atomic mass is 79.9. The van der Waals surface area contributed by atoms with Crippen molar-refractivity contribution in [3.05, 3.63) is 50.6 Å². The second-order valence-corrected chi connectivity index (χ2v) is 5.66. The molecule has 2 aromatic rings. The van der Waals surface area contributed by atoms with Crippen LogP contribution in [-0.4, -0.2) is 9.97 Å². The number of benzene rings is 1. The lowest BCUT2D eigenvalue weighted by molar-refractivity contribution is 0.627. The maximum atomic E-state index is 13.1. The van der Waals surface area contributed by atoms with E-state index in [-0.39, 0.29) is 11.4 Å². The van der Waals surface area contributed by atoms with Gasteiger partial charge in [0, 0.05) is 21.8 Å². The molecule has 0 unspecified atom stereocenters. The topological polar surface area (TPSA) is 45.8 Å². The Morgan fingerprint density at radius 1 is 1.37 bits per heavy atom. The van der Waals surface area contributed by atoms with Crippen molar-refractivity contribution in [1.29, 1.82) is 0 Å². The predicted octanol–water partition coefficient (Wildman–Crippen LogP) is 3.54. The van der Waals surface area contributed by atoms with Gasteiger partial charge in [0.25, 0.3) is 5.56 Å². The Labute approximate surface area is 119 Å². The summed E-state index contributed by atoms with van der Waals surface area (Å²) in [5.41, 5.74) is 1.21. The number of hydrogen-bond donors (Lipinski definition) is 1. The standard InChI is InChI=1S/C14H14BrFN2O/c1-8(2)5-10-7-13(19)18-14(17-10)11-4-3-9(16)6-12(11)15/h3-4,6-8H,5H2,1-2H3,(H,17,18,19). The van der Waals surface area contributed by atoms with E-state index in [2.05, 4.69) is 39.7 Å². The Kier molecular flexibility index (Phi) is 4.14. The molecule has 1 N–H and O–H groups in total. The molecule has 0 aliphatic rings. The SMILES string of the molecule is CC(C)Cc1cc(=O)[nH]c(-c2ccc(F)cc2Br)n1. The van der Waals surface area contributed by atoms with E-state index in [1.807, 2.05) is 0 Å². The maximum absolute atomic E-state index is 13.1. The molecule has 0 saturated carbocycles. The van der Waals surface area contributed by atoms with Gasteiger partial charge >= 0.3 is 0 Å². The summed E-state index contributed by atoms with van der Waals surface area (Å²) >= 11 is 3.28. The normalized spacial score (nSPS) is 11.0. The summed E-state index contributed by atoms with van der Waals surface area (Å²) in [6.45, 7) is 4.13. The van der Waals surface area contributed by atoms with Crippen molar-refractivity contribution in [2.45, 2.75) is 20.3 Å². The maximum Gasteiger partial charge on any atom is 0.251 e. The van der Waals surface area contributed by atoms with Crippen molar-refractivity contribution in [1.82, 2.24) is 9.97 Å². The zero-order valence-corrected chi connectivity index (χ0v) is 12.3. The minimum atomic E-state index is -0.337. The molecule has 3 nitrogen and oxygen atoms in total. The number of hydrogen-bond acceptors (Lipinski definition) is 2. The third-order valence-corrected chi connectivity index (χ3v) is 3.25. The van der Waals surface area contributed by atoms with Crippen LogP contribution in [0.25, 0.3) is 11.4 Å². The summed E-state index contributed by atoms with van der Waals surface area (Å²) in [7, 11) is 0.